The minimum atomic E-state index is -3.21. The summed E-state index contributed by atoms with van der Waals surface area (Å²) in [4.78, 5) is 2.71. The largest absolute Gasteiger partial charge is 0.326 e. The summed E-state index contributed by atoms with van der Waals surface area (Å²) in [6, 6.07) is 7.58. The maximum Gasteiger partial charge on any atom is 0.179 e. The van der Waals surface area contributed by atoms with Gasteiger partial charge in [0.2, 0.25) is 0 Å². The van der Waals surface area contributed by atoms with Crippen LogP contribution in [0, 0.1) is 0 Å². The zero-order valence-electron chi connectivity index (χ0n) is 12.1. The van der Waals surface area contributed by atoms with Crippen molar-refractivity contribution in [2.24, 2.45) is 5.73 Å². The molecule has 0 heterocycles. The average Bonchev–Trinajstić information content (AvgIpc) is 3.28. The molecule has 1 aliphatic rings. The smallest absolute Gasteiger partial charge is 0.179 e. The summed E-state index contributed by atoms with van der Waals surface area (Å²) < 4.78 is 24.8. The van der Waals surface area contributed by atoms with E-state index in [9.17, 15) is 8.42 Å². The fourth-order valence-corrected chi connectivity index (χ4v) is 3.75. The number of nitrogens with two attached hydrogens (primary N) is 1. The SMILES string of the molecule is CCCN(CCS(=O)(=O)c1cccc(CN)c1)C1CC1. The number of hydrogen-bond acceptors (Lipinski definition) is 4. The third-order valence-corrected chi connectivity index (χ3v) is 5.41. The molecule has 0 bridgehead atoms. The van der Waals surface area contributed by atoms with Crippen molar-refractivity contribution in [3.8, 4) is 0 Å². The number of benzene rings is 1. The molecule has 2 N–H and O–H groups in total. The Morgan fingerprint density at radius 3 is 2.65 bits per heavy atom. The minimum Gasteiger partial charge on any atom is -0.326 e. The topological polar surface area (TPSA) is 63.4 Å². The molecule has 0 aliphatic heterocycles. The van der Waals surface area contributed by atoms with E-state index >= 15 is 0 Å². The van der Waals surface area contributed by atoms with Gasteiger partial charge in [0.05, 0.1) is 10.6 Å². The second-order valence-electron chi connectivity index (χ2n) is 5.44. The molecule has 4 nitrogen and oxygen atoms in total. The van der Waals surface area contributed by atoms with Crippen LogP contribution in [0.2, 0.25) is 0 Å². The predicted octanol–water partition coefficient (Wildman–Crippen LogP) is 1.79. The van der Waals surface area contributed by atoms with Crippen LogP contribution in [-0.2, 0) is 16.4 Å². The van der Waals surface area contributed by atoms with E-state index in [0.29, 0.717) is 24.0 Å². The summed E-state index contributed by atoms with van der Waals surface area (Å²) in [7, 11) is -3.21. The highest BCUT2D eigenvalue weighted by Crippen LogP contribution is 2.27. The Kier molecular flexibility index (Phi) is 5.18. The zero-order valence-corrected chi connectivity index (χ0v) is 12.9. The molecular formula is C15H24N2O2S. The Morgan fingerprint density at radius 2 is 2.05 bits per heavy atom. The van der Waals surface area contributed by atoms with Gasteiger partial charge < -0.3 is 5.73 Å². The van der Waals surface area contributed by atoms with Crippen molar-refractivity contribution in [2.75, 3.05) is 18.8 Å². The standard InChI is InChI=1S/C15H24N2O2S/c1-2-8-17(14-6-7-14)9-10-20(18,19)15-5-3-4-13(11-15)12-16/h3-5,11,14H,2,6-10,12,16H2,1H3. The van der Waals surface area contributed by atoms with Crippen LogP contribution in [0.5, 0.6) is 0 Å². The van der Waals surface area contributed by atoms with Gasteiger partial charge >= 0.3 is 0 Å². The van der Waals surface area contributed by atoms with Crippen molar-refractivity contribution in [2.45, 2.75) is 43.7 Å². The molecule has 0 aromatic heterocycles. The highest BCUT2D eigenvalue weighted by Gasteiger charge is 2.29. The Bertz CT molecular complexity index is 539. The van der Waals surface area contributed by atoms with E-state index in [1.54, 1.807) is 18.2 Å². The molecule has 1 aromatic carbocycles. The summed E-state index contributed by atoms with van der Waals surface area (Å²) in [6.45, 7) is 4.12. The molecular weight excluding hydrogens is 272 g/mol. The Morgan fingerprint density at radius 1 is 1.30 bits per heavy atom. The second kappa shape index (κ2) is 6.70. The lowest BCUT2D eigenvalue weighted by Crippen LogP contribution is -2.32. The molecule has 0 spiro atoms. The quantitative estimate of drug-likeness (QED) is 0.794. The molecule has 0 saturated heterocycles. The number of sulfone groups is 1. The fourth-order valence-electron chi connectivity index (χ4n) is 2.43. The van der Waals surface area contributed by atoms with Gasteiger partial charge in [-0.15, -0.1) is 0 Å². The first-order chi connectivity index (χ1) is 9.56. The molecule has 5 heteroatoms. The van der Waals surface area contributed by atoms with E-state index in [1.165, 1.54) is 12.8 Å². The lowest BCUT2D eigenvalue weighted by molar-refractivity contribution is 0.279. The van der Waals surface area contributed by atoms with E-state index in [1.807, 2.05) is 6.07 Å². The summed E-state index contributed by atoms with van der Waals surface area (Å²) >= 11 is 0. The van der Waals surface area contributed by atoms with Gasteiger partial charge in [0.25, 0.3) is 0 Å². The van der Waals surface area contributed by atoms with Gasteiger partial charge in [-0.05, 0) is 43.5 Å². The molecule has 20 heavy (non-hydrogen) atoms. The van der Waals surface area contributed by atoms with Crippen LogP contribution in [0.4, 0.5) is 0 Å². The molecule has 112 valence electrons. The third kappa shape index (κ3) is 4.04. The summed E-state index contributed by atoms with van der Waals surface area (Å²) in [6.07, 6.45) is 3.49. The normalized spacial score (nSPS) is 15.8. The van der Waals surface area contributed by atoms with E-state index in [4.69, 9.17) is 5.73 Å². The van der Waals surface area contributed by atoms with Crippen molar-refractivity contribution >= 4 is 9.84 Å². The van der Waals surface area contributed by atoms with Crippen molar-refractivity contribution in [3.05, 3.63) is 29.8 Å². The number of rotatable bonds is 8. The molecule has 0 radical (unpaired) electrons. The minimum absolute atomic E-state index is 0.192. The van der Waals surface area contributed by atoms with Crippen LogP contribution < -0.4 is 5.73 Å². The van der Waals surface area contributed by atoms with Crippen LogP contribution >= 0.6 is 0 Å². The maximum atomic E-state index is 12.4. The third-order valence-electron chi connectivity index (χ3n) is 3.71. The average molecular weight is 296 g/mol. The van der Waals surface area contributed by atoms with E-state index in [0.717, 1.165) is 18.5 Å². The van der Waals surface area contributed by atoms with E-state index < -0.39 is 9.84 Å². The molecule has 1 saturated carbocycles. The summed E-state index contributed by atoms with van der Waals surface area (Å²) in [5.74, 6) is 0.192. The van der Waals surface area contributed by atoms with E-state index in [2.05, 4.69) is 11.8 Å². The fraction of sp³-hybridized carbons (Fsp3) is 0.600. The molecule has 0 unspecified atom stereocenters. The molecule has 2 rings (SSSR count). The van der Waals surface area contributed by atoms with Gasteiger partial charge in [-0.25, -0.2) is 8.42 Å². The summed E-state index contributed by atoms with van der Waals surface area (Å²) in [5, 5.41) is 0. The van der Waals surface area contributed by atoms with Crippen LogP contribution in [-0.4, -0.2) is 38.2 Å². The van der Waals surface area contributed by atoms with E-state index in [-0.39, 0.29) is 5.75 Å². The van der Waals surface area contributed by atoms with Gasteiger partial charge in [0.1, 0.15) is 0 Å². The monoisotopic (exact) mass is 296 g/mol. The molecule has 1 fully saturated rings. The van der Waals surface area contributed by atoms with Crippen LogP contribution in [0.1, 0.15) is 31.7 Å². The Hall–Kier alpha value is -0.910. The van der Waals surface area contributed by atoms with Crippen molar-refractivity contribution < 1.29 is 8.42 Å². The molecule has 1 aromatic rings. The zero-order chi connectivity index (χ0) is 14.6. The Balaban J connectivity index is 2.02. The number of hydrogen-bond donors (Lipinski definition) is 1. The molecule has 1 aliphatic carbocycles. The summed E-state index contributed by atoms with van der Waals surface area (Å²) in [5.41, 5.74) is 6.43. The van der Waals surface area contributed by atoms with Crippen molar-refractivity contribution in [3.63, 3.8) is 0 Å². The highest BCUT2D eigenvalue weighted by atomic mass is 32.2. The molecule has 0 atom stereocenters. The lowest BCUT2D eigenvalue weighted by Gasteiger charge is -2.21. The van der Waals surface area contributed by atoms with Gasteiger partial charge in [-0.3, -0.25) is 4.90 Å². The van der Waals surface area contributed by atoms with Gasteiger partial charge in [-0.1, -0.05) is 19.1 Å². The highest BCUT2D eigenvalue weighted by molar-refractivity contribution is 7.91. The molecule has 0 amide bonds. The first kappa shape index (κ1) is 15.5. The van der Waals surface area contributed by atoms with Crippen molar-refractivity contribution in [1.82, 2.24) is 4.90 Å². The number of nitrogens with zero attached hydrogens (tertiary/aromatic N) is 1. The second-order valence-corrected chi connectivity index (χ2v) is 7.55. The van der Waals surface area contributed by atoms with Gasteiger partial charge in [0, 0.05) is 19.1 Å². The van der Waals surface area contributed by atoms with Gasteiger partial charge in [0.15, 0.2) is 9.84 Å². The van der Waals surface area contributed by atoms with Crippen LogP contribution in [0.15, 0.2) is 29.2 Å². The predicted molar refractivity (Wildman–Crippen MR) is 81.3 cm³/mol. The van der Waals surface area contributed by atoms with Crippen LogP contribution in [0.25, 0.3) is 0 Å². The first-order valence-corrected chi connectivity index (χ1v) is 8.98. The van der Waals surface area contributed by atoms with Crippen molar-refractivity contribution in [1.29, 1.82) is 0 Å². The van der Waals surface area contributed by atoms with Gasteiger partial charge in [-0.2, -0.15) is 0 Å². The lowest BCUT2D eigenvalue weighted by atomic mass is 10.2. The Labute approximate surface area is 121 Å². The first-order valence-electron chi connectivity index (χ1n) is 7.32. The maximum absolute atomic E-state index is 12.4. The van der Waals surface area contributed by atoms with Crippen LogP contribution in [0.3, 0.4) is 0 Å².